The smallest absolute Gasteiger partial charge is 0.0934 e. The van der Waals surface area contributed by atoms with Gasteiger partial charge in [0.1, 0.15) is 0 Å². The van der Waals surface area contributed by atoms with E-state index in [2.05, 4.69) is 11.4 Å². The van der Waals surface area contributed by atoms with Crippen molar-refractivity contribution in [2.75, 3.05) is 6.54 Å². The molecule has 0 radical (unpaired) electrons. The van der Waals surface area contributed by atoms with E-state index < -0.39 is 0 Å². The molecule has 88 valence electrons. The van der Waals surface area contributed by atoms with Gasteiger partial charge in [-0.05, 0) is 49.8 Å². The van der Waals surface area contributed by atoms with Crippen LogP contribution in [0.15, 0.2) is 6.07 Å². The quantitative estimate of drug-likeness (QED) is 0.779. The van der Waals surface area contributed by atoms with Crippen LogP contribution in [0.4, 0.5) is 0 Å². The van der Waals surface area contributed by atoms with Gasteiger partial charge in [-0.25, -0.2) is 0 Å². The van der Waals surface area contributed by atoms with Crippen molar-refractivity contribution in [1.82, 2.24) is 5.32 Å². The molecule has 1 fully saturated rings. The lowest BCUT2D eigenvalue weighted by atomic mass is 10.1. The molecule has 1 aromatic rings. The van der Waals surface area contributed by atoms with Crippen LogP contribution in [0.1, 0.15) is 48.6 Å². The van der Waals surface area contributed by atoms with Crippen LogP contribution in [0.2, 0.25) is 4.34 Å². The van der Waals surface area contributed by atoms with Crippen molar-refractivity contribution < 1.29 is 0 Å². The third-order valence-electron chi connectivity index (χ3n) is 3.72. The Morgan fingerprint density at radius 3 is 3.06 bits per heavy atom. The van der Waals surface area contributed by atoms with Crippen molar-refractivity contribution in [2.24, 2.45) is 5.92 Å². The number of hydrogen-bond donors (Lipinski definition) is 1. The average molecular weight is 256 g/mol. The number of thiophene rings is 1. The molecule has 1 N–H and O–H groups in total. The van der Waals surface area contributed by atoms with Crippen LogP contribution in [0, 0.1) is 5.92 Å². The van der Waals surface area contributed by atoms with Gasteiger partial charge in [0.25, 0.3) is 0 Å². The Kier molecular flexibility index (Phi) is 3.23. The second-order valence-electron chi connectivity index (χ2n) is 5.06. The molecule has 1 atom stereocenters. The molecule has 2 aliphatic carbocycles. The molecule has 0 saturated heterocycles. The number of rotatable bonds is 5. The van der Waals surface area contributed by atoms with Crippen LogP contribution in [0.25, 0.3) is 0 Å². The fraction of sp³-hybridized carbons (Fsp3) is 0.692. The first-order valence-corrected chi connectivity index (χ1v) is 7.54. The Hall–Kier alpha value is -0.0500. The Labute approximate surface area is 106 Å². The summed E-state index contributed by atoms with van der Waals surface area (Å²) in [6.45, 7) is 1.17. The van der Waals surface area contributed by atoms with Crippen LogP contribution in [-0.2, 0) is 6.42 Å². The molecule has 16 heavy (non-hydrogen) atoms. The van der Waals surface area contributed by atoms with Gasteiger partial charge < -0.3 is 5.32 Å². The first kappa shape index (κ1) is 11.1. The van der Waals surface area contributed by atoms with Crippen LogP contribution in [-0.4, -0.2) is 6.54 Å². The number of halogens is 1. The Morgan fingerprint density at radius 2 is 2.25 bits per heavy atom. The molecule has 0 amide bonds. The monoisotopic (exact) mass is 255 g/mol. The molecule has 1 saturated carbocycles. The standard InChI is InChI=1S/C13H18ClNS/c14-13-8-10-11(5-6-12(10)16-13)15-7-1-2-9-3-4-9/h8-9,11,15H,1-7H2. The van der Waals surface area contributed by atoms with Gasteiger partial charge in [0.05, 0.1) is 4.34 Å². The van der Waals surface area contributed by atoms with Gasteiger partial charge in [-0.15, -0.1) is 11.3 Å². The fourth-order valence-electron chi connectivity index (χ4n) is 2.62. The molecule has 1 nitrogen and oxygen atoms in total. The lowest BCUT2D eigenvalue weighted by Gasteiger charge is -2.12. The van der Waals surface area contributed by atoms with E-state index >= 15 is 0 Å². The zero-order valence-electron chi connectivity index (χ0n) is 9.47. The van der Waals surface area contributed by atoms with Crippen molar-refractivity contribution in [3.05, 3.63) is 20.8 Å². The maximum atomic E-state index is 6.05. The van der Waals surface area contributed by atoms with Gasteiger partial charge in [-0.3, -0.25) is 0 Å². The molecular weight excluding hydrogens is 238 g/mol. The van der Waals surface area contributed by atoms with E-state index in [0.717, 1.165) is 10.3 Å². The molecule has 0 aliphatic heterocycles. The predicted octanol–water partition coefficient (Wildman–Crippen LogP) is 4.17. The summed E-state index contributed by atoms with van der Waals surface area (Å²) < 4.78 is 0.953. The summed E-state index contributed by atoms with van der Waals surface area (Å²) in [5.74, 6) is 1.07. The molecule has 1 heterocycles. The van der Waals surface area contributed by atoms with Gasteiger partial charge >= 0.3 is 0 Å². The average Bonchev–Trinajstić information content (AvgIpc) is 2.91. The number of fused-ring (bicyclic) bond motifs is 1. The van der Waals surface area contributed by atoms with Crippen molar-refractivity contribution in [2.45, 2.75) is 44.6 Å². The van der Waals surface area contributed by atoms with Crippen LogP contribution >= 0.6 is 22.9 Å². The van der Waals surface area contributed by atoms with E-state index in [1.807, 2.05) is 0 Å². The van der Waals surface area contributed by atoms with Crippen molar-refractivity contribution in [3.63, 3.8) is 0 Å². The minimum Gasteiger partial charge on any atom is -0.310 e. The highest BCUT2D eigenvalue weighted by molar-refractivity contribution is 7.16. The van der Waals surface area contributed by atoms with Gasteiger partial charge in [0.2, 0.25) is 0 Å². The van der Waals surface area contributed by atoms with E-state index in [4.69, 9.17) is 11.6 Å². The van der Waals surface area contributed by atoms with E-state index in [1.165, 1.54) is 55.5 Å². The molecule has 3 rings (SSSR count). The number of aryl methyl sites for hydroxylation is 1. The predicted molar refractivity (Wildman–Crippen MR) is 70.4 cm³/mol. The second kappa shape index (κ2) is 4.67. The van der Waals surface area contributed by atoms with Crippen molar-refractivity contribution in [3.8, 4) is 0 Å². The largest absolute Gasteiger partial charge is 0.310 e. The van der Waals surface area contributed by atoms with E-state index in [1.54, 1.807) is 11.3 Å². The van der Waals surface area contributed by atoms with Gasteiger partial charge in [-0.2, -0.15) is 0 Å². The van der Waals surface area contributed by atoms with Crippen LogP contribution < -0.4 is 5.32 Å². The van der Waals surface area contributed by atoms with Gasteiger partial charge in [0.15, 0.2) is 0 Å². The lowest BCUT2D eigenvalue weighted by molar-refractivity contribution is 0.504. The van der Waals surface area contributed by atoms with Gasteiger partial charge in [-0.1, -0.05) is 24.4 Å². The summed E-state index contributed by atoms with van der Waals surface area (Å²) in [5, 5.41) is 3.68. The molecule has 2 aliphatic rings. The number of nitrogens with one attached hydrogen (secondary N) is 1. The molecule has 0 bridgehead atoms. The van der Waals surface area contributed by atoms with Crippen molar-refractivity contribution >= 4 is 22.9 Å². The maximum absolute atomic E-state index is 6.05. The highest BCUT2D eigenvalue weighted by atomic mass is 35.5. The zero-order chi connectivity index (χ0) is 11.0. The highest BCUT2D eigenvalue weighted by Crippen LogP contribution is 2.39. The molecule has 3 heteroatoms. The maximum Gasteiger partial charge on any atom is 0.0934 e. The molecule has 0 aromatic carbocycles. The third-order valence-corrected chi connectivity index (χ3v) is 5.06. The molecular formula is C13H18ClNS. The normalized spacial score (nSPS) is 23.7. The summed E-state index contributed by atoms with van der Waals surface area (Å²) in [6.07, 6.45) is 8.21. The van der Waals surface area contributed by atoms with Gasteiger partial charge in [0, 0.05) is 10.9 Å². The summed E-state index contributed by atoms with van der Waals surface area (Å²) in [5.41, 5.74) is 1.47. The Morgan fingerprint density at radius 1 is 1.38 bits per heavy atom. The van der Waals surface area contributed by atoms with E-state index in [9.17, 15) is 0 Å². The highest BCUT2D eigenvalue weighted by Gasteiger charge is 2.25. The first-order chi connectivity index (χ1) is 7.83. The summed E-state index contributed by atoms with van der Waals surface area (Å²) in [7, 11) is 0. The topological polar surface area (TPSA) is 12.0 Å². The Bertz CT molecular complexity index is 370. The van der Waals surface area contributed by atoms with Crippen molar-refractivity contribution in [1.29, 1.82) is 0 Å². The lowest BCUT2D eigenvalue weighted by Crippen LogP contribution is -2.20. The molecule has 0 spiro atoms. The number of hydrogen-bond acceptors (Lipinski definition) is 2. The SMILES string of the molecule is Clc1cc2c(s1)CCC2NCCCC1CC1. The van der Waals surface area contributed by atoms with E-state index in [0.29, 0.717) is 6.04 Å². The fourth-order valence-corrected chi connectivity index (χ4v) is 3.97. The third kappa shape index (κ3) is 2.44. The molecule has 1 aromatic heterocycles. The second-order valence-corrected chi connectivity index (χ2v) is 6.83. The summed E-state index contributed by atoms with van der Waals surface area (Å²) in [6, 6.07) is 2.74. The minimum atomic E-state index is 0.581. The zero-order valence-corrected chi connectivity index (χ0v) is 11.0. The summed E-state index contributed by atoms with van der Waals surface area (Å²) >= 11 is 7.81. The Balaban J connectivity index is 1.48. The van der Waals surface area contributed by atoms with Crippen LogP contribution in [0.3, 0.4) is 0 Å². The molecule has 1 unspecified atom stereocenters. The summed E-state index contributed by atoms with van der Waals surface area (Å²) in [4.78, 5) is 1.50. The first-order valence-electron chi connectivity index (χ1n) is 6.34. The van der Waals surface area contributed by atoms with Crippen LogP contribution in [0.5, 0.6) is 0 Å². The minimum absolute atomic E-state index is 0.581. The van der Waals surface area contributed by atoms with E-state index in [-0.39, 0.29) is 0 Å².